The van der Waals surface area contributed by atoms with Gasteiger partial charge in [-0.05, 0) is 64.2 Å². The van der Waals surface area contributed by atoms with Crippen molar-refractivity contribution in [2.24, 2.45) is 0 Å². The second-order valence-electron chi connectivity index (χ2n) is 11.8. The summed E-state index contributed by atoms with van der Waals surface area (Å²) in [4.78, 5) is 28.0. The molecular formula is C30H32N4O6. The number of amides is 2. The number of benzene rings is 1. The van der Waals surface area contributed by atoms with Gasteiger partial charge < -0.3 is 29.2 Å². The molecular weight excluding hydrogens is 512 g/mol. The molecule has 3 aromatic heterocycles. The van der Waals surface area contributed by atoms with E-state index in [0.29, 0.717) is 59.0 Å². The maximum Gasteiger partial charge on any atom is 0.255 e. The number of aryl methyl sites for hydroxylation is 2. The van der Waals surface area contributed by atoms with Gasteiger partial charge in [0.25, 0.3) is 11.8 Å². The lowest BCUT2D eigenvalue weighted by atomic mass is 9.71. The van der Waals surface area contributed by atoms with Crippen LogP contribution < -0.4 is 10.1 Å². The molecule has 1 aliphatic carbocycles. The first kappa shape index (κ1) is 25.1. The second kappa shape index (κ2) is 8.81. The Hall–Kier alpha value is -3.89. The molecule has 1 saturated carbocycles. The first-order valence-electron chi connectivity index (χ1n) is 13.8. The van der Waals surface area contributed by atoms with E-state index in [2.05, 4.69) is 10.4 Å². The normalized spacial score (nSPS) is 25.8. The van der Waals surface area contributed by atoms with Crippen molar-refractivity contribution in [2.45, 2.75) is 63.7 Å². The largest absolute Gasteiger partial charge is 0.460 e. The molecule has 2 N–H and O–H groups in total. The average Bonchev–Trinajstić information content (AvgIpc) is 3.51. The number of nitrogens with zero attached hydrogens (tertiary/aromatic N) is 3. The van der Waals surface area contributed by atoms with Gasteiger partial charge in [0, 0.05) is 42.8 Å². The Morgan fingerprint density at radius 1 is 1.20 bits per heavy atom. The minimum absolute atomic E-state index is 0.00249. The fourth-order valence-electron chi connectivity index (χ4n) is 6.39. The fourth-order valence-corrected chi connectivity index (χ4v) is 6.39. The number of rotatable bonds is 5. The fraction of sp³-hybridized carbons (Fsp3) is 0.433. The van der Waals surface area contributed by atoms with E-state index in [0.717, 1.165) is 36.8 Å². The molecule has 2 saturated heterocycles. The van der Waals surface area contributed by atoms with Crippen LogP contribution in [-0.2, 0) is 4.74 Å². The van der Waals surface area contributed by atoms with Crippen molar-refractivity contribution in [3.8, 4) is 11.5 Å². The van der Waals surface area contributed by atoms with Crippen molar-refractivity contribution in [3.05, 3.63) is 59.1 Å². The van der Waals surface area contributed by atoms with Crippen molar-refractivity contribution in [3.63, 3.8) is 0 Å². The number of hydrogen-bond donors (Lipinski definition) is 2. The molecule has 4 aromatic rings. The predicted molar refractivity (Wildman–Crippen MR) is 146 cm³/mol. The number of nitrogens with one attached hydrogen (secondary N) is 1. The first-order chi connectivity index (χ1) is 19.1. The quantitative estimate of drug-likeness (QED) is 0.388. The predicted octanol–water partition coefficient (Wildman–Crippen LogP) is 4.14. The van der Waals surface area contributed by atoms with E-state index in [1.807, 2.05) is 19.1 Å². The SMILES string of the molecule is Cc1oc2cc(Oc3ccnn4cc(C(=O)N5CC[C@@](C)(O)C5)c(C)c34)ccc2c1C(=O)NC1CC2(CCO2)C1. The van der Waals surface area contributed by atoms with Gasteiger partial charge in [-0.3, -0.25) is 9.59 Å². The van der Waals surface area contributed by atoms with Crippen molar-refractivity contribution < 1.29 is 28.6 Å². The number of hydrogen-bond acceptors (Lipinski definition) is 7. The molecule has 0 bridgehead atoms. The Balaban J connectivity index is 1.13. The molecule has 40 heavy (non-hydrogen) atoms. The van der Waals surface area contributed by atoms with Gasteiger partial charge in [-0.2, -0.15) is 5.10 Å². The van der Waals surface area contributed by atoms with Crippen LogP contribution in [0.1, 0.15) is 64.6 Å². The summed E-state index contributed by atoms with van der Waals surface area (Å²) >= 11 is 0. The topological polar surface area (TPSA) is 119 Å². The van der Waals surface area contributed by atoms with Crippen molar-refractivity contribution in [2.75, 3.05) is 19.7 Å². The number of fused-ring (bicyclic) bond motifs is 2. The van der Waals surface area contributed by atoms with Gasteiger partial charge in [-0.15, -0.1) is 0 Å². The molecule has 2 aliphatic heterocycles. The number of carbonyl (C=O) groups is 2. The standard InChI is InChI=1S/C30H32N4O6/c1-17-22(28(36)33-10-7-29(3,37)16-33)15-34-26(17)23(6-9-31-34)40-20-4-5-21-24(12-20)39-18(2)25(21)27(35)32-19-13-30(14-19)8-11-38-30/h4-6,9,12,15,19,37H,7-8,10-11,13-14,16H2,1-3H3,(H,32,35)/t19?,29-,30?/m1/s1. The monoisotopic (exact) mass is 544 g/mol. The molecule has 5 heterocycles. The van der Waals surface area contributed by atoms with E-state index in [9.17, 15) is 14.7 Å². The van der Waals surface area contributed by atoms with Crippen LogP contribution in [0.4, 0.5) is 0 Å². The Bertz CT molecular complexity index is 1670. The summed E-state index contributed by atoms with van der Waals surface area (Å²) in [6.07, 6.45) is 6.66. The highest BCUT2D eigenvalue weighted by Crippen LogP contribution is 2.45. The first-order valence-corrected chi connectivity index (χ1v) is 13.8. The van der Waals surface area contributed by atoms with Gasteiger partial charge in [0.1, 0.15) is 22.6 Å². The molecule has 1 atom stereocenters. The lowest BCUT2D eigenvalue weighted by Gasteiger charge is -2.53. The van der Waals surface area contributed by atoms with E-state index in [4.69, 9.17) is 13.9 Å². The maximum absolute atomic E-state index is 13.3. The molecule has 3 aliphatic rings. The lowest BCUT2D eigenvalue weighted by molar-refractivity contribution is -0.200. The summed E-state index contributed by atoms with van der Waals surface area (Å²) in [6.45, 7) is 7.03. The number of aromatic nitrogens is 2. The highest BCUT2D eigenvalue weighted by Gasteiger charge is 2.50. The van der Waals surface area contributed by atoms with Crippen LogP contribution >= 0.6 is 0 Å². The Morgan fingerprint density at radius 2 is 2.00 bits per heavy atom. The van der Waals surface area contributed by atoms with E-state index >= 15 is 0 Å². The van der Waals surface area contributed by atoms with Crippen LogP contribution in [0.3, 0.4) is 0 Å². The minimum Gasteiger partial charge on any atom is -0.460 e. The second-order valence-corrected chi connectivity index (χ2v) is 11.8. The highest BCUT2D eigenvalue weighted by atomic mass is 16.5. The Kier molecular flexibility index (Phi) is 5.53. The summed E-state index contributed by atoms with van der Waals surface area (Å²) in [5.74, 6) is 1.35. The third kappa shape index (κ3) is 4.05. The third-order valence-corrected chi connectivity index (χ3v) is 8.69. The van der Waals surface area contributed by atoms with Crippen LogP contribution in [0.25, 0.3) is 16.5 Å². The molecule has 1 spiro atoms. The van der Waals surface area contributed by atoms with Gasteiger partial charge >= 0.3 is 0 Å². The van der Waals surface area contributed by atoms with Gasteiger partial charge in [0.05, 0.1) is 35.1 Å². The van der Waals surface area contributed by atoms with Crippen molar-refractivity contribution >= 4 is 28.3 Å². The molecule has 1 aromatic carbocycles. The summed E-state index contributed by atoms with van der Waals surface area (Å²) < 4.78 is 19.6. The number of carbonyl (C=O) groups excluding carboxylic acids is 2. The summed E-state index contributed by atoms with van der Waals surface area (Å²) in [5.41, 5.74) is 2.17. The van der Waals surface area contributed by atoms with Crippen LogP contribution in [0.2, 0.25) is 0 Å². The smallest absolute Gasteiger partial charge is 0.255 e. The molecule has 0 radical (unpaired) electrons. The number of furan rings is 1. The van der Waals surface area contributed by atoms with Crippen molar-refractivity contribution in [1.29, 1.82) is 0 Å². The zero-order valence-corrected chi connectivity index (χ0v) is 22.8. The van der Waals surface area contributed by atoms with E-state index in [1.54, 1.807) is 47.8 Å². The van der Waals surface area contributed by atoms with Crippen LogP contribution in [0.15, 0.2) is 41.1 Å². The highest BCUT2D eigenvalue weighted by molar-refractivity contribution is 6.07. The molecule has 7 rings (SSSR count). The minimum atomic E-state index is -0.871. The van der Waals surface area contributed by atoms with E-state index < -0.39 is 5.60 Å². The van der Waals surface area contributed by atoms with E-state index in [1.165, 1.54) is 0 Å². The molecule has 10 nitrogen and oxygen atoms in total. The number of aliphatic hydroxyl groups is 1. The van der Waals surface area contributed by atoms with Crippen LogP contribution in [0, 0.1) is 13.8 Å². The Morgan fingerprint density at radius 3 is 2.70 bits per heavy atom. The van der Waals surface area contributed by atoms with Gasteiger partial charge in [0.2, 0.25) is 0 Å². The molecule has 10 heteroatoms. The molecule has 2 amide bonds. The molecule has 0 unspecified atom stereocenters. The zero-order valence-electron chi connectivity index (χ0n) is 22.8. The van der Waals surface area contributed by atoms with Crippen LogP contribution in [0.5, 0.6) is 11.5 Å². The summed E-state index contributed by atoms with van der Waals surface area (Å²) in [5, 5.41) is 18.6. The summed E-state index contributed by atoms with van der Waals surface area (Å²) in [6, 6.07) is 7.29. The maximum atomic E-state index is 13.3. The Labute approximate surface area is 230 Å². The van der Waals surface area contributed by atoms with Crippen LogP contribution in [-0.4, -0.2) is 68.4 Å². The number of likely N-dealkylation sites (tertiary alicyclic amines) is 1. The zero-order chi connectivity index (χ0) is 27.8. The third-order valence-electron chi connectivity index (χ3n) is 8.69. The lowest BCUT2D eigenvalue weighted by Crippen LogP contribution is -2.61. The van der Waals surface area contributed by atoms with Gasteiger partial charge in [-0.25, -0.2) is 4.52 Å². The van der Waals surface area contributed by atoms with E-state index in [-0.39, 0.29) is 23.5 Å². The van der Waals surface area contributed by atoms with Gasteiger partial charge in [-0.1, -0.05) is 0 Å². The number of β-amino-alcohol motifs (C(OH)–C–C–N with tert-alkyl or cyclic N) is 1. The van der Waals surface area contributed by atoms with Gasteiger partial charge in [0.15, 0.2) is 5.75 Å². The van der Waals surface area contributed by atoms with Crippen molar-refractivity contribution in [1.82, 2.24) is 19.8 Å². The molecule has 208 valence electrons. The number of ether oxygens (including phenoxy) is 2. The summed E-state index contributed by atoms with van der Waals surface area (Å²) in [7, 11) is 0. The molecule has 3 fully saturated rings. The average molecular weight is 545 g/mol.